The first-order valence-corrected chi connectivity index (χ1v) is 11.4. The van der Waals surface area contributed by atoms with E-state index in [4.69, 9.17) is 12.2 Å². The fourth-order valence-corrected chi connectivity index (χ4v) is 4.68. The van der Waals surface area contributed by atoms with Gasteiger partial charge in [-0.2, -0.15) is 0 Å². The maximum Gasteiger partial charge on any atom is 0.108 e. The molecule has 1 heterocycles. The van der Waals surface area contributed by atoms with Crippen LogP contribution in [0.25, 0.3) is 6.08 Å². The smallest absolute Gasteiger partial charge is 0.108 e. The van der Waals surface area contributed by atoms with E-state index in [9.17, 15) is 0 Å². The van der Waals surface area contributed by atoms with Gasteiger partial charge in [0.2, 0.25) is 0 Å². The van der Waals surface area contributed by atoms with Gasteiger partial charge in [-0.15, -0.1) is 0 Å². The van der Waals surface area contributed by atoms with Crippen LogP contribution in [0, 0.1) is 0 Å². The molecule has 1 saturated heterocycles. The van der Waals surface area contributed by atoms with E-state index in [1.54, 1.807) is 0 Å². The highest BCUT2D eigenvalue weighted by molar-refractivity contribution is 7.81. The standard InChI is InChI=1S/C26H31N3S/c1-28(2)23-14-11-20(12-15-23)19-21-13-16-24(25(21)29-17-7-4-8-18-29)26(30)27-22-9-5-3-6-10-22/h3,5-6,9-12,14-15,19H,4,7-8,13,16-18H2,1-2H3,(H,27,30). The van der Waals surface area contributed by atoms with Crippen molar-refractivity contribution < 1.29 is 0 Å². The van der Waals surface area contributed by atoms with Crippen LogP contribution >= 0.6 is 12.2 Å². The van der Waals surface area contributed by atoms with Crippen LogP contribution in [0.5, 0.6) is 0 Å². The number of allylic oxidation sites excluding steroid dienone is 1. The molecule has 4 rings (SSSR count). The zero-order valence-electron chi connectivity index (χ0n) is 18.0. The quantitative estimate of drug-likeness (QED) is 0.591. The summed E-state index contributed by atoms with van der Waals surface area (Å²) in [7, 11) is 4.16. The van der Waals surface area contributed by atoms with Crippen LogP contribution in [0.4, 0.5) is 11.4 Å². The molecule has 0 saturated carbocycles. The maximum atomic E-state index is 5.88. The lowest BCUT2D eigenvalue weighted by atomic mass is 10.0. The molecule has 3 nitrogen and oxygen atoms in total. The van der Waals surface area contributed by atoms with Crippen molar-refractivity contribution in [3.8, 4) is 0 Å². The molecule has 156 valence electrons. The van der Waals surface area contributed by atoms with Crippen molar-refractivity contribution in [3.63, 3.8) is 0 Å². The topological polar surface area (TPSA) is 18.5 Å². The molecule has 0 radical (unpaired) electrons. The number of hydrogen-bond donors (Lipinski definition) is 1. The molecular formula is C26H31N3S. The Morgan fingerprint density at radius 1 is 0.933 bits per heavy atom. The fourth-order valence-electron chi connectivity index (χ4n) is 4.36. The molecule has 2 aliphatic rings. The third kappa shape index (κ3) is 4.76. The molecule has 0 unspecified atom stereocenters. The minimum atomic E-state index is 0.869. The number of anilines is 2. The molecule has 0 bridgehead atoms. The van der Waals surface area contributed by atoms with Crippen molar-refractivity contribution in [2.75, 3.05) is 37.4 Å². The Morgan fingerprint density at radius 2 is 1.63 bits per heavy atom. The summed E-state index contributed by atoms with van der Waals surface area (Å²) in [6.07, 6.45) is 8.28. The Morgan fingerprint density at radius 3 is 2.30 bits per heavy atom. The minimum absolute atomic E-state index is 0.869. The number of benzene rings is 2. The van der Waals surface area contributed by atoms with Crippen molar-refractivity contribution in [2.45, 2.75) is 32.1 Å². The number of likely N-dealkylation sites (tertiary alicyclic amines) is 1. The Kier molecular flexibility index (Phi) is 6.53. The van der Waals surface area contributed by atoms with E-state index in [2.05, 4.69) is 71.7 Å². The van der Waals surface area contributed by atoms with Crippen LogP contribution in [-0.2, 0) is 0 Å². The molecule has 1 aliphatic heterocycles. The number of hydrogen-bond acceptors (Lipinski definition) is 3. The van der Waals surface area contributed by atoms with Gasteiger partial charge < -0.3 is 15.1 Å². The van der Waals surface area contributed by atoms with Gasteiger partial charge in [-0.3, -0.25) is 0 Å². The summed E-state index contributed by atoms with van der Waals surface area (Å²) in [5.74, 6) is 0. The van der Waals surface area contributed by atoms with E-state index in [1.165, 1.54) is 47.4 Å². The Bertz CT molecular complexity index is 936. The van der Waals surface area contributed by atoms with Crippen LogP contribution in [-0.4, -0.2) is 37.1 Å². The van der Waals surface area contributed by atoms with Gasteiger partial charge in [0.25, 0.3) is 0 Å². The lowest BCUT2D eigenvalue weighted by Gasteiger charge is -2.32. The van der Waals surface area contributed by atoms with E-state index in [0.29, 0.717) is 0 Å². The first-order valence-electron chi connectivity index (χ1n) is 10.9. The van der Waals surface area contributed by atoms with Gasteiger partial charge in [0.15, 0.2) is 0 Å². The summed E-state index contributed by atoms with van der Waals surface area (Å²) >= 11 is 5.88. The van der Waals surface area contributed by atoms with Gasteiger partial charge in [0.1, 0.15) is 4.99 Å². The van der Waals surface area contributed by atoms with E-state index in [-0.39, 0.29) is 0 Å². The number of thiocarbonyl (C=S) groups is 1. The Hall–Kier alpha value is -2.59. The van der Waals surface area contributed by atoms with Crippen molar-refractivity contribution in [1.29, 1.82) is 0 Å². The highest BCUT2D eigenvalue weighted by atomic mass is 32.1. The monoisotopic (exact) mass is 417 g/mol. The number of nitrogens with one attached hydrogen (secondary N) is 1. The molecule has 0 atom stereocenters. The number of rotatable bonds is 5. The van der Waals surface area contributed by atoms with Crippen LogP contribution in [0.15, 0.2) is 71.4 Å². The molecule has 2 aromatic carbocycles. The molecule has 0 spiro atoms. The van der Waals surface area contributed by atoms with Gasteiger partial charge >= 0.3 is 0 Å². The first kappa shape index (κ1) is 20.7. The van der Waals surface area contributed by atoms with Gasteiger partial charge in [-0.25, -0.2) is 0 Å². The molecule has 2 aromatic rings. The van der Waals surface area contributed by atoms with Gasteiger partial charge in [-0.05, 0) is 73.6 Å². The van der Waals surface area contributed by atoms with E-state index in [0.717, 1.165) is 36.6 Å². The normalized spacial score (nSPS) is 18.1. The summed E-state index contributed by atoms with van der Waals surface area (Å²) in [6.45, 7) is 2.26. The lowest BCUT2D eigenvalue weighted by molar-refractivity contribution is 0.290. The highest BCUT2D eigenvalue weighted by Crippen LogP contribution is 2.37. The molecule has 4 heteroatoms. The second-order valence-electron chi connectivity index (χ2n) is 8.35. The summed E-state index contributed by atoms with van der Waals surface area (Å²) in [6, 6.07) is 19.1. The summed E-state index contributed by atoms with van der Waals surface area (Å²) < 4.78 is 0. The van der Waals surface area contributed by atoms with Gasteiger partial charge in [0, 0.05) is 49.8 Å². The van der Waals surface area contributed by atoms with Gasteiger partial charge in [-0.1, -0.05) is 42.5 Å². The third-order valence-electron chi connectivity index (χ3n) is 5.96. The number of para-hydroxylation sites is 1. The SMILES string of the molecule is CN(C)c1ccc(C=C2CCC(C(=S)Nc3ccccc3)=C2N2CCCCC2)cc1. The van der Waals surface area contributed by atoms with Crippen LogP contribution < -0.4 is 10.2 Å². The van der Waals surface area contributed by atoms with Crippen LogP contribution in [0.3, 0.4) is 0 Å². The average Bonchev–Trinajstić information content (AvgIpc) is 3.19. The molecule has 0 amide bonds. The summed E-state index contributed by atoms with van der Waals surface area (Å²) in [5, 5.41) is 3.47. The van der Waals surface area contributed by atoms with Crippen molar-refractivity contribution >= 4 is 34.7 Å². The molecule has 1 N–H and O–H groups in total. The second-order valence-corrected chi connectivity index (χ2v) is 8.76. The summed E-state index contributed by atoms with van der Waals surface area (Å²) in [5.41, 5.74) is 7.63. The first-order chi connectivity index (χ1) is 14.6. The largest absolute Gasteiger partial charge is 0.378 e. The predicted molar refractivity (Wildman–Crippen MR) is 133 cm³/mol. The third-order valence-corrected chi connectivity index (χ3v) is 6.31. The fraction of sp³-hybridized carbons (Fsp3) is 0.346. The van der Waals surface area contributed by atoms with Crippen LogP contribution in [0.2, 0.25) is 0 Å². The predicted octanol–water partition coefficient (Wildman–Crippen LogP) is 6.11. The number of piperidine rings is 1. The Balaban J connectivity index is 1.65. The van der Waals surface area contributed by atoms with Crippen molar-refractivity contribution in [2.24, 2.45) is 0 Å². The average molecular weight is 418 g/mol. The van der Waals surface area contributed by atoms with E-state index >= 15 is 0 Å². The van der Waals surface area contributed by atoms with E-state index < -0.39 is 0 Å². The number of nitrogens with zero attached hydrogens (tertiary/aromatic N) is 2. The Labute approximate surface area is 186 Å². The maximum absolute atomic E-state index is 5.88. The molecule has 0 aromatic heterocycles. The zero-order valence-corrected chi connectivity index (χ0v) is 18.8. The zero-order chi connectivity index (χ0) is 20.9. The van der Waals surface area contributed by atoms with Gasteiger partial charge in [0.05, 0.1) is 0 Å². The van der Waals surface area contributed by atoms with Crippen LogP contribution in [0.1, 0.15) is 37.7 Å². The van der Waals surface area contributed by atoms with Crippen molar-refractivity contribution in [1.82, 2.24) is 4.90 Å². The lowest BCUT2D eigenvalue weighted by Crippen LogP contribution is -2.31. The second kappa shape index (κ2) is 9.48. The minimum Gasteiger partial charge on any atom is -0.378 e. The molecule has 1 fully saturated rings. The summed E-state index contributed by atoms with van der Waals surface area (Å²) in [4.78, 5) is 5.58. The molecule has 30 heavy (non-hydrogen) atoms. The molecular weight excluding hydrogens is 386 g/mol. The van der Waals surface area contributed by atoms with Crippen molar-refractivity contribution in [3.05, 3.63) is 77.0 Å². The molecule has 1 aliphatic carbocycles. The van der Waals surface area contributed by atoms with E-state index in [1.807, 2.05) is 18.2 Å². The highest BCUT2D eigenvalue weighted by Gasteiger charge is 2.28.